The first-order valence-corrected chi connectivity index (χ1v) is 10.8. The Morgan fingerprint density at radius 1 is 1.15 bits per heavy atom. The molecule has 0 radical (unpaired) electrons. The zero-order valence-electron chi connectivity index (χ0n) is 18.5. The second-order valence-electron chi connectivity index (χ2n) is 9.23. The molecule has 33 heavy (non-hydrogen) atoms. The molecule has 0 saturated carbocycles. The number of carbonyl (C=O) groups is 1. The van der Waals surface area contributed by atoms with E-state index < -0.39 is 0 Å². The van der Waals surface area contributed by atoms with Crippen molar-refractivity contribution < 1.29 is 18.7 Å². The lowest BCUT2D eigenvalue weighted by atomic mass is 9.70. The van der Waals surface area contributed by atoms with Gasteiger partial charge in [-0.15, -0.1) is 5.10 Å². The number of benzene rings is 1. The third-order valence-electron chi connectivity index (χ3n) is 6.25. The molecule has 0 bridgehead atoms. The van der Waals surface area contributed by atoms with E-state index in [1.165, 1.54) is 0 Å². The second kappa shape index (κ2) is 7.03. The summed E-state index contributed by atoms with van der Waals surface area (Å²) in [4.78, 5) is 22.7. The van der Waals surface area contributed by atoms with E-state index in [9.17, 15) is 4.79 Å². The number of hydrogen-bond acceptors (Lipinski definition) is 7. The Kier molecular flexibility index (Phi) is 4.20. The fraction of sp³-hybridized carbons (Fsp3) is 0.280. The Morgan fingerprint density at radius 2 is 1.97 bits per heavy atom. The minimum atomic E-state index is -0.372. The minimum absolute atomic E-state index is 0.0838. The predicted molar refractivity (Wildman–Crippen MR) is 119 cm³/mol. The number of furan rings is 1. The molecule has 0 fully saturated rings. The summed E-state index contributed by atoms with van der Waals surface area (Å²) in [7, 11) is 1.63. The van der Waals surface area contributed by atoms with E-state index in [1.54, 1.807) is 36.3 Å². The van der Waals surface area contributed by atoms with E-state index in [2.05, 4.69) is 23.9 Å². The summed E-state index contributed by atoms with van der Waals surface area (Å²) in [6.45, 7) is 4.17. The Hall–Kier alpha value is -3.94. The van der Waals surface area contributed by atoms with Gasteiger partial charge in [-0.1, -0.05) is 26.0 Å². The van der Waals surface area contributed by atoms with Crippen molar-refractivity contribution >= 4 is 11.4 Å². The zero-order valence-corrected chi connectivity index (χ0v) is 18.5. The Labute approximate surface area is 189 Å². The van der Waals surface area contributed by atoms with Crippen LogP contribution in [-0.2, 0) is 4.79 Å². The molecule has 3 aromatic heterocycles. The van der Waals surface area contributed by atoms with Crippen LogP contribution >= 0.6 is 0 Å². The van der Waals surface area contributed by atoms with Crippen molar-refractivity contribution in [1.82, 2.24) is 19.6 Å². The number of nitrogens with zero attached hydrogens (tertiary/aromatic N) is 4. The highest BCUT2D eigenvalue weighted by Gasteiger charge is 2.44. The normalized spacial score (nSPS) is 19.2. The number of rotatable bonds is 3. The number of aromatic nitrogens is 4. The van der Waals surface area contributed by atoms with Crippen LogP contribution in [0.25, 0.3) is 17.2 Å². The van der Waals surface area contributed by atoms with E-state index >= 15 is 0 Å². The number of Topliss-reactive ketones (excluding diaryl/α,β-unsaturated/α-hetero) is 1. The van der Waals surface area contributed by atoms with Crippen molar-refractivity contribution in [1.29, 1.82) is 0 Å². The van der Waals surface area contributed by atoms with Gasteiger partial charge in [-0.25, -0.2) is 14.5 Å². The fourth-order valence-corrected chi connectivity index (χ4v) is 4.79. The lowest BCUT2D eigenvalue weighted by molar-refractivity contribution is -0.118. The van der Waals surface area contributed by atoms with Crippen LogP contribution in [0.3, 0.4) is 0 Å². The molecule has 4 heterocycles. The molecule has 1 aliphatic heterocycles. The molecule has 0 N–H and O–H groups in total. The maximum Gasteiger partial charge on any atom is 0.228 e. The highest BCUT2D eigenvalue weighted by atomic mass is 16.5. The number of ketones is 1. The molecule has 0 amide bonds. The molecule has 0 spiro atoms. The molecular formula is C25H22N4O4. The third-order valence-corrected chi connectivity index (χ3v) is 6.25. The van der Waals surface area contributed by atoms with Crippen molar-refractivity contribution in [2.24, 2.45) is 5.41 Å². The van der Waals surface area contributed by atoms with E-state index in [1.807, 2.05) is 24.3 Å². The highest BCUT2D eigenvalue weighted by molar-refractivity contribution is 6.00. The Morgan fingerprint density at radius 3 is 2.70 bits per heavy atom. The maximum atomic E-state index is 13.4. The molecule has 8 heteroatoms. The molecule has 8 nitrogen and oxygen atoms in total. The van der Waals surface area contributed by atoms with Crippen LogP contribution in [0.5, 0.6) is 11.6 Å². The van der Waals surface area contributed by atoms with Crippen molar-refractivity contribution in [3.05, 3.63) is 71.4 Å². The lowest BCUT2D eigenvalue weighted by Gasteiger charge is -2.37. The summed E-state index contributed by atoms with van der Waals surface area (Å²) >= 11 is 0. The zero-order chi connectivity index (χ0) is 22.7. The fourth-order valence-electron chi connectivity index (χ4n) is 4.79. The van der Waals surface area contributed by atoms with Gasteiger partial charge in [0.2, 0.25) is 11.7 Å². The van der Waals surface area contributed by atoms with E-state index in [0.29, 0.717) is 47.3 Å². The maximum absolute atomic E-state index is 13.4. The molecule has 6 rings (SSSR count). The molecule has 0 unspecified atom stereocenters. The van der Waals surface area contributed by atoms with Gasteiger partial charge in [-0.05, 0) is 35.2 Å². The van der Waals surface area contributed by atoms with Crippen LogP contribution < -0.4 is 9.47 Å². The average molecular weight is 442 g/mol. The van der Waals surface area contributed by atoms with Crippen LogP contribution in [0.1, 0.15) is 43.7 Å². The van der Waals surface area contributed by atoms with Gasteiger partial charge >= 0.3 is 0 Å². The minimum Gasteiger partial charge on any atom is -0.497 e. The first-order valence-electron chi connectivity index (χ1n) is 10.8. The van der Waals surface area contributed by atoms with Crippen molar-refractivity contribution in [3.8, 4) is 23.2 Å². The second-order valence-corrected chi connectivity index (χ2v) is 9.23. The van der Waals surface area contributed by atoms with E-state index in [0.717, 1.165) is 16.9 Å². The van der Waals surface area contributed by atoms with E-state index in [-0.39, 0.29) is 17.1 Å². The SMILES string of the molecule is COc1ccc([C@H]2C3=C(CC(C)(C)CC3=O)Oc3ncn4nc(-c5ccco5)nc4c32)cc1. The van der Waals surface area contributed by atoms with Crippen LogP contribution in [0.15, 0.2) is 64.7 Å². The average Bonchev–Trinajstić information content (AvgIpc) is 3.46. The number of hydrogen-bond donors (Lipinski definition) is 0. The summed E-state index contributed by atoms with van der Waals surface area (Å²) in [5.41, 5.74) is 2.74. The van der Waals surface area contributed by atoms with Gasteiger partial charge in [0, 0.05) is 24.3 Å². The third kappa shape index (κ3) is 3.13. The lowest BCUT2D eigenvalue weighted by Crippen LogP contribution is -2.33. The van der Waals surface area contributed by atoms with Crippen molar-refractivity contribution in [2.45, 2.75) is 32.6 Å². The summed E-state index contributed by atoms with van der Waals surface area (Å²) in [5.74, 6) is 2.59. The quantitative estimate of drug-likeness (QED) is 0.459. The van der Waals surface area contributed by atoms with Crippen molar-refractivity contribution in [3.63, 3.8) is 0 Å². The standard InChI is InChI=1S/C25H22N4O4/c1-25(2)11-16(30)20-18(12-25)33-24-21(19(20)14-6-8-15(31-3)9-7-14)23-27-22(17-5-4-10-32-17)28-29(23)13-26-24/h4-10,13,19H,11-12H2,1-3H3/t19-/m0/s1. The molecule has 1 aromatic carbocycles. The van der Waals surface area contributed by atoms with Gasteiger partial charge in [-0.3, -0.25) is 4.79 Å². The van der Waals surface area contributed by atoms with Gasteiger partial charge in [0.15, 0.2) is 17.2 Å². The highest BCUT2D eigenvalue weighted by Crippen LogP contribution is 2.50. The van der Waals surface area contributed by atoms with Crippen LogP contribution in [0, 0.1) is 5.41 Å². The number of fused-ring (bicyclic) bond motifs is 3. The van der Waals surface area contributed by atoms with Gasteiger partial charge < -0.3 is 13.9 Å². The monoisotopic (exact) mass is 442 g/mol. The Balaban J connectivity index is 1.60. The molecule has 4 aromatic rings. The summed E-state index contributed by atoms with van der Waals surface area (Å²) < 4.78 is 18.7. The molecule has 0 saturated heterocycles. The van der Waals surface area contributed by atoms with Gasteiger partial charge in [0.25, 0.3) is 0 Å². The first-order chi connectivity index (χ1) is 15.9. The topological polar surface area (TPSA) is 91.8 Å². The summed E-state index contributed by atoms with van der Waals surface area (Å²) in [6, 6.07) is 11.3. The van der Waals surface area contributed by atoms with Crippen LogP contribution in [-0.4, -0.2) is 32.5 Å². The molecule has 2 aliphatic rings. The first kappa shape index (κ1) is 19.7. The summed E-state index contributed by atoms with van der Waals surface area (Å²) in [6.07, 6.45) is 4.28. The molecular weight excluding hydrogens is 420 g/mol. The largest absolute Gasteiger partial charge is 0.497 e. The molecule has 1 atom stereocenters. The number of ether oxygens (including phenoxy) is 2. The van der Waals surface area contributed by atoms with Crippen LogP contribution in [0.4, 0.5) is 0 Å². The number of carbonyl (C=O) groups excluding carboxylic acids is 1. The predicted octanol–water partition coefficient (Wildman–Crippen LogP) is 4.56. The Bertz CT molecular complexity index is 1410. The van der Waals surface area contributed by atoms with Crippen molar-refractivity contribution in [2.75, 3.05) is 7.11 Å². The number of allylic oxidation sites excluding steroid dienone is 2. The number of methoxy groups -OCH3 is 1. The van der Waals surface area contributed by atoms with Crippen LogP contribution in [0.2, 0.25) is 0 Å². The van der Waals surface area contributed by atoms with E-state index in [4.69, 9.17) is 18.9 Å². The molecule has 1 aliphatic carbocycles. The van der Waals surface area contributed by atoms with Gasteiger partial charge in [0.05, 0.1) is 18.9 Å². The summed E-state index contributed by atoms with van der Waals surface area (Å²) in [5, 5.41) is 4.54. The smallest absolute Gasteiger partial charge is 0.228 e. The van der Waals surface area contributed by atoms with Gasteiger partial charge in [0.1, 0.15) is 17.8 Å². The molecule has 166 valence electrons. The van der Waals surface area contributed by atoms with Gasteiger partial charge in [-0.2, -0.15) is 0 Å².